The molecule has 0 saturated heterocycles. The van der Waals surface area contributed by atoms with Crippen LogP contribution in [0.3, 0.4) is 0 Å². The fourth-order valence-electron chi connectivity index (χ4n) is 2.55. The molecule has 25 heavy (non-hydrogen) atoms. The van der Waals surface area contributed by atoms with Gasteiger partial charge in [-0.25, -0.2) is 8.42 Å². The van der Waals surface area contributed by atoms with E-state index in [4.69, 9.17) is 0 Å². The lowest BCUT2D eigenvalue weighted by atomic mass is 10.1. The van der Waals surface area contributed by atoms with Crippen LogP contribution in [0.25, 0.3) is 10.8 Å². The van der Waals surface area contributed by atoms with E-state index >= 15 is 0 Å². The zero-order valence-corrected chi connectivity index (χ0v) is 14.4. The van der Waals surface area contributed by atoms with Gasteiger partial charge in [-0.15, -0.1) is 0 Å². The average Bonchev–Trinajstić information content (AvgIpc) is 2.66. The van der Waals surface area contributed by atoms with Gasteiger partial charge in [-0.2, -0.15) is 0 Å². The number of hydrogen-bond donors (Lipinski definition) is 0. The van der Waals surface area contributed by atoms with Gasteiger partial charge in [0, 0.05) is 0 Å². The third-order valence-electron chi connectivity index (χ3n) is 3.85. The summed E-state index contributed by atoms with van der Waals surface area (Å²) in [5, 5.41) is 1.87. The summed E-state index contributed by atoms with van der Waals surface area (Å²) < 4.78 is 31.8. The Morgan fingerprint density at radius 2 is 1.56 bits per heavy atom. The van der Waals surface area contributed by atoms with Crippen LogP contribution in [0.15, 0.2) is 77.7 Å². The molecule has 3 aromatic carbocycles. The quantitative estimate of drug-likeness (QED) is 0.659. The third-order valence-corrected chi connectivity index (χ3v) is 5.64. The lowest BCUT2D eigenvalue weighted by Crippen LogP contribution is -2.36. The van der Waals surface area contributed by atoms with E-state index in [-0.39, 0.29) is 4.90 Å². The SMILES string of the molecule is COC(=O)CN(c1ccc2ccccc2c1)S(=O)(=O)c1ccccc1. The highest BCUT2D eigenvalue weighted by atomic mass is 32.2. The molecule has 128 valence electrons. The fraction of sp³-hybridized carbons (Fsp3) is 0.105. The molecule has 0 bridgehead atoms. The summed E-state index contributed by atoms with van der Waals surface area (Å²) in [7, 11) is -2.66. The molecule has 6 heteroatoms. The van der Waals surface area contributed by atoms with Crippen LogP contribution < -0.4 is 4.31 Å². The number of sulfonamides is 1. The number of nitrogens with zero attached hydrogens (tertiary/aromatic N) is 1. The zero-order chi connectivity index (χ0) is 17.9. The van der Waals surface area contributed by atoms with E-state index in [0.717, 1.165) is 15.1 Å². The van der Waals surface area contributed by atoms with E-state index in [2.05, 4.69) is 4.74 Å². The molecule has 0 unspecified atom stereocenters. The van der Waals surface area contributed by atoms with Crippen LogP contribution in [-0.2, 0) is 19.6 Å². The Morgan fingerprint density at radius 3 is 2.24 bits per heavy atom. The van der Waals surface area contributed by atoms with Gasteiger partial charge in [0.2, 0.25) is 0 Å². The Kier molecular flexibility index (Phi) is 4.72. The van der Waals surface area contributed by atoms with Crippen LogP contribution in [0, 0.1) is 0 Å². The number of benzene rings is 3. The Balaban J connectivity index is 2.12. The first-order valence-corrected chi connectivity index (χ1v) is 9.10. The van der Waals surface area contributed by atoms with E-state index in [0.29, 0.717) is 5.69 Å². The smallest absolute Gasteiger partial charge is 0.326 e. The van der Waals surface area contributed by atoms with E-state index in [1.165, 1.54) is 19.2 Å². The van der Waals surface area contributed by atoms with Crippen LogP contribution >= 0.6 is 0 Å². The first-order chi connectivity index (χ1) is 12.0. The van der Waals surface area contributed by atoms with Crippen molar-refractivity contribution in [3.05, 3.63) is 72.8 Å². The minimum absolute atomic E-state index is 0.118. The van der Waals surface area contributed by atoms with Gasteiger partial charge in [0.25, 0.3) is 10.0 Å². The molecule has 0 saturated carbocycles. The molecular formula is C19H17NO4S. The van der Waals surface area contributed by atoms with Crippen LogP contribution in [0.5, 0.6) is 0 Å². The second-order valence-electron chi connectivity index (χ2n) is 5.43. The standard InChI is InChI=1S/C19H17NO4S/c1-24-19(21)14-20(25(22,23)18-9-3-2-4-10-18)17-12-11-15-7-5-6-8-16(15)13-17/h2-13H,14H2,1H3. The zero-order valence-electron chi connectivity index (χ0n) is 13.6. The van der Waals surface area contributed by atoms with Crippen LogP contribution in [0.2, 0.25) is 0 Å². The number of rotatable bonds is 5. The van der Waals surface area contributed by atoms with Crippen molar-refractivity contribution in [2.24, 2.45) is 0 Å². The number of esters is 1. The van der Waals surface area contributed by atoms with Crippen molar-refractivity contribution in [1.82, 2.24) is 0 Å². The van der Waals surface area contributed by atoms with Crippen LogP contribution in [0.4, 0.5) is 5.69 Å². The van der Waals surface area contributed by atoms with Gasteiger partial charge < -0.3 is 4.74 Å². The molecule has 0 aliphatic heterocycles. The van der Waals surface area contributed by atoms with Gasteiger partial charge in [-0.05, 0) is 35.0 Å². The largest absolute Gasteiger partial charge is 0.468 e. The molecule has 0 aromatic heterocycles. The van der Waals surface area contributed by atoms with Crippen molar-refractivity contribution in [1.29, 1.82) is 0 Å². The van der Waals surface area contributed by atoms with Gasteiger partial charge >= 0.3 is 5.97 Å². The maximum Gasteiger partial charge on any atom is 0.326 e. The maximum atomic E-state index is 13.0. The molecule has 3 rings (SSSR count). The third kappa shape index (κ3) is 3.49. The molecule has 0 atom stereocenters. The Morgan fingerprint density at radius 1 is 0.920 bits per heavy atom. The first-order valence-electron chi connectivity index (χ1n) is 7.66. The lowest BCUT2D eigenvalue weighted by Gasteiger charge is -2.23. The summed E-state index contributed by atoms with van der Waals surface area (Å²) in [4.78, 5) is 11.9. The molecule has 5 nitrogen and oxygen atoms in total. The summed E-state index contributed by atoms with van der Waals surface area (Å²) in [5.41, 5.74) is 0.410. The van der Waals surface area contributed by atoms with Crippen molar-refractivity contribution < 1.29 is 17.9 Å². The minimum Gasteiger partial charge on any atom is -0.468 e. The van der Waals surface area contributed by atoms with Crippen LogP contribution in [-0.4, -0.2) is 28.0 Å². The normalized spacial score (nSPS) is 11.2. The van der Waals surface area contributed by atoms with Gasteiger partial charge in [0.1, 0.15) is 6.54 Å². The number of carbonyl (C=O) groups excluding carboxylic acids is 1. The van der Waals surface area contributed by atoms with Gasteiger partial charge in [0.15, 0.2) is 0 Å². The molecule has 0 amide bonds. The molecule has 0 N–H and O–H groups in total. The molecule has 0 heterocycles. The van der Waals surface area contributed by atoms with Crippen molar-refractivity contribution in [3.8, 4) is 0 Å². The molecule has 3 aromatic rings. The number of hydrogen-bond acceptors (Lipinski definition) is 4. The maximum absolute atomic E-state index is 13.0. The number of ether oxygens (including phenoxy) is 1. The number of carbonyl (C=O) groups is 1. The van der Waals surface area contributed by atoms with E-state index in [9.17, 15) is 13.2 Å². The number of methoxy groups -OCH3 is 1. The Bertz CT molecular complexity index is 1000. The summed E-state index contributed by atoms with van der Waals surface area (Å²) in [6.07, 6.45) is 0. The lowest BCUT2D eigenvalue weighted by molar-refractivity contribution is -0.138. The second kappa shape index (κ2) is 6.94. The molecular weight excluding hydrogens is 338 g/mol. The van der Waals surface area contributed by atoms with Crippen LogP contribution in [0.1, 0.15) is 0 Å². The Hall–Kier alpha value is -2.86. The highest BCUT2D eigenvalue weighted by Gasteiger charge is 2.27. The van der Waals surface area contributed by atoms with Crippen molar-refractivity contribution in [2.75, 3.05) is 18.0 Å². The van der Waals surface area contributed by atoms with Gasteiger partial charge in [0.05, 0.1) is 17.7 Å². The monoisotopic (exact) mass is 355 g/mol. The first kappa shape index (κ1) is 17.0. The second-order valence-corrected chi connectivity index (χ2v) is 7.29. The van der Waals surface area contributed by atoms with Crippen molar-refractivity contribution >= 4 is 32.5 Å². The van der Waals surface area contributed by atoms with Crippen molar-refractivity contribution in [2.45, 2.75) is 4.90 Å². The Labute approximate surface area is 146 Å². The van der Waals surface area contributed by atoms with E-state index in [1.54, 1.807) is 30.3 Å². The van der Waals surface area contributed by atoms with E-state index in [1.807, 2.05) is 30.3 Å². The molecule has 0 aliphatic rings. The average molecular weight is 355 g/mol. The van der Waals surface area contributed by atoms with Gasteiger partial charge in [-0.1, -0.05) is 48.5 Å². The minimum atomic E-state index is -3.90. The number of fused-ring (bicyclic) bond motifs is 1. The molecule has 0 radical (unpaired) electrons. The summed E-state index contributed by atoms with van der Waals surface area (Å²) in [6.45, 7) is -0.397. The topological polar surface area (TPSA) is 63.7 Å². The highest BCUT2D eigenvalue weighted by Crippen LogP contribution is 2.27. The molecule has 0 fully saturated rings. The fourth-order valence-corrected chi connectivity index (χ4v) is 3.97. The van der Waals surface area contributed by atoms with Gasteiger partial charge in [-0.3, -0.25) is 9.10 Å². The number of anilines is 1. The predicted octanol–water partition coefficient (Wildman–Crippen LogP) is 3.21. The van der Waals surface area contributed by atoms with Crippen molar-refractivity contribution in [3.63, 3.8) is 0 Å². The predicted molar refractivity (Wildman–Crippen MR) is 96.9 cm³/mol. The van der Waals surface area contributed by atoms with E-state index < -0.39 is 22.5 Å². The highest BCUT2D eigenvalue weighted by molar-refractivity contribution is 7.92. The summed E-state index contributed by atoms with van der Waals surface area (Å²) in [5.74, 6) is -0.632. The summed E-state index contributed by atoms with van der Waals surface area (Å²) >= 11 is 0. The summed E-state index contributed by atoms with van der Waals surface area (Å²) in [6, 6.07) is 20.9. The molecule has 0 spiro atoms. The molecule has 0 aliphatic carbocycles.